The molecule has 0 heterocycles. The van der Waals surface area contributed by atoms with Crippen molar-refractivity contribution in [3.63, 3.8) is 0 Å². The van der Waals surface area contributed by atoms with E-state index in [-0.39, 0.29) is 5.92 Å². The van der Waals surface area contributed by atoms with Crippen LogP contribution in [0.2, 0.25) is 0 Å². The molecule has 3 atom stereocenters. The van der Waals surface area contributed by atoms with Crippen LogP contribution in [0.1, 0.15) is 38.5 Å². The van der Waals surface area contributed by atoms with E-state index >= 15 is 0 Å². The van der Waals surface area contributed by atoms with E-state index < -0.39 is 6.10 Å². The van der Waals surface area contributed by atoms with Crippen molar-refractivity contribution >= 4 is 5.78 Å². The number of ketones is 1. The molecule has 2 aliphatic carbocycles. The summed E-state index contributed by atoms with van der Waals surface area (Å²) in [4.78, 5) is 11.7. The Balaban J connectivity index is 2.16. The van der Waals surface area contributed by atoms with E-state index in [2.05, 4.69) is 12.2 Å². The van der Waals surface area contributed by atoms with E-state index in [1.165, 1.54) is 0 Å². The smallest absolute Gasteiger partial charge is 0.138 e. The SMILES string of the molecule is O=C1CCCC2C/C=C\CCC(O)C12. The minimum Gasteiger partial charge on any atom is -0.392 e. The molecular weight excluding hydrogens is 176 g/mol. The van der Waals surface area contributed by atoms with Gasteiger partial charge in [0.15, 0.2) is 0 Å². The van der Waals surface area contributed by atoms with E-state index in [1.54, 1.807) is 0 Å². The van der Waals surface area contributed by atoms with Crippen molar-refractivity contribution in [2.75, 3.05) is 0 Å². The van der Waals surface area contributed by atoms with Gasteiger partial charge in [-0.2, -0.15) is 0 Å². The van der Waals surface area contributed by atoms with Crippen molar-refractivity contribution in [1.82, 2.24) is 0 Å². The molecule has 1 N–H and O–H groups in total. The third-order valence-electron chi connectivity index (χ3n) is 3.53. The van der Waals surface area contributed by atoms with E-state index in [0.717, 1.165) is 32.1 Å². The van der Waals surface area contributed by atoms with Gasteiger partial charge in [-0.15, -0.1) is 0 Å². The quantitative estimate of drug-likeness (QED) is 0.599. The molecule has 0 radical (unpaired) electrons. The summed E-state index contributed by atoms with van der Waals surface area (Å²) in [7, 11) is 0. The molecule has 0 aromatic heterocycles. The zero-order valence-electron chi connectivity index (χ0n) is 8.48. The molecule has 2 nitrogen and oxygen atoms in total. The minimum atomic E-state index is -0.391. The molecule has 2 heteroatoms. The topological polar surface area (TPSA) is 37.3 Å². The summed E-state index contributed by atoms with van der Waals surface area (Å²) < 4.78 is 0. The zero-order valence-corrected chi connectivity index (χ0v) is 8.48. The van der Waals surface area contributed by atoms with E-state index in [4.69, 9.17) is 0 Å². The standard InChI is InChI=1S/C12H18O2/c13-10-7-3-1-2-5-9-6-4-8-11(14)12(9)10/h1-2,9-10,12-13H,3-8H2/b2-1-. The molecular formula is C12H18O2. The number of carbonyl (C=O) groups is 1. The lowest BCUT2D eigenvalue weighted by Crippen LogP contribution is -2.38. The molecule has 78 valence electrons. The largest absolute Gasteiger partial charge is 0.392 e. The number of allylic oxidation sites excluding steroid dienone is 2. The Hall–Kier alpha value is -0.630. The number of hydrogen-bond acceptors (Lipinski definition) is 2. The maximum absolute atomic E-state index is 11.7. The van der Waals surface area contributed by atoms with Crippen LogP contribution in [0.5, 0.6) is 0 Å². The van der Waals surface area contributed by atoms with Gasteiger partial charge in [-0.3, -0.25) is 4.79 Å². The van der Waals surface area contributed by atoms with Gasteiger partial charge in [0.25, 0.3) is 0 Å². The third-order valence-corrected chi connectivity index (χ3v) is 3.53. The van der Waals surface area contributed by atoms with Crippen LogP contribution in [-0.4, -0.2) is 17.0 Å². The van der Waals surface area contributed by atoms with Crippen LogP contribution in [0.25, 0.3) is 0 Å². The van der Waals surface area contributed by atoms with Crippen molar-refractivity contribution < 1.29 is 9.90 Å². The summed E-state index contributed by atoms with van der Waals surface area (Å²) in [6.45, 7) is 0. The lowest BCUT2D eigenvalue weighted by atomic mass is 9.72. The lowest BCUT2D eigenvalue weighted by Gasteiger charge is -2.34. The minimum absolute atomic E-state index is 0.0614. The molecule has 0 aliphatic heterocycles. The van der Waals surface area contributed by atoms with Gasteiger partial charge in [0.1, 0.15) is 5.78 Å². The van der Waals surface area contributed by atoms with Crippen LogP contribution < -0.4 is 0 Å². The number of carbonyl (C=O) groups excluding carboxylic acids is 1. The predicted octanol–water partition coefficient (Wildman–Crippen LogP) is 2.07. The average Bonchev–Trinajstić information content (AvgIpc) is 2.13. The van der Waals surface area contributed by atoms with Gasteiger partial charge in [0.05, 0.1) is 6.10 Å². The highest BCUT2D eigenvalue weighted by Gasteiger charge is 2.36. The number of rotatable bonds is 0. The maximum Gasteiger partial charge on any atom is 0.138 e. The molecule has 1 saturated carbocycles. The first-order chi connectivity index (χ1) is 6.79. The molecule has 0 spiro atoms. The van der Waals surface area contributed by atoms with Gasteiger partial charge < -0.3 is 5.11 Å². The lowest BCUT2D eigenvalue weighted by molar-refractivity contribution is -0.131. The molecule has 2 aliphatic rings. The fourth-order valence-electron chi connectivity index (χ4n) is 2.78. The second-order valence-corrected chi connectivity index (χ2v) is 4.50. The Kier molecular flexibility index (Phi) is 3.02. The normalized spacial score (nSPS) is 40.9. The summed E-state index contributed by atoms with van der Waals surface area (Å²) in [6.07, 6.45) is 9.38. The molecule has 0 bridgehead atoms. The summed E-state index contributed by atoms with van der Waals surface area (Å²) in [5.41, 5.74) is 0. The van der Waals surface area contributed by atoms with Gasteiger partial charge >= 0.3 is 0 Å². The molecule has 0 aromatic rings. The summed E-state index contributed by atoms with van der Waals surface area (Å²) in [5, 5.41) is 9.93. The van der Waals surface area contributed by atoms with E-state index in [0.29, 0.717) is 18.1 Å². The van der Waals surface area contributed by atoms with Crippen molar-refractivity contribution in [2.24, 2.45) is 11.8 Å². The second kappa shape index (κ2) is 4.26. The maximum atomic E-state index is 11.7. The molecule has 1 fully saturated rings. The number of fused-ring (bicyclic) bond motifs is 1. The highest BCUT2D eigenvalue weighted by Crippen LogP contribution is 2.35. The van der Waals surface area contributed by atoms with Crippen LogP contribution in [0, 0.1) is 11.8 Å². The highest BCUT2D eigenvalue weighted by molar-refractivity contribution is 5.82. The number of hydrogen-bond donors (Lipinski definition) is 1. The fraction of sp³-hybridized carbons (Fsp3) is 0.750. The highest BCUT2D eigenvalue weighted by atomic mass is 16.3. The summed E-state index contributed by atoms with van der Waals surface area (Å²) in [5.74, 6) is 0.639. The number of aliphatic hydroxyl groups is 1. The molecule has 0 amide bonds. The Morgan fingerprint density at radius 3 is 3.00 bits per heavy atom. The Bertz CT molecular complexity index is 245. The van der Waals surface area contributed by atoms with Crippen LogP contribution >= 0.6 is 0 Å². The van der Waals surface area contributed by atoms with E-state index in [9.17, 15) is 9.90 Å². The first-order valence-corrected chi connectivity index (χ1v) is 5.65. The van der Waals surface area contributed by atoms with Crippen molar-refractivity contribution in [2.45, 2.75) is 44.6 Å². The molecule has 0 aromatic carbocycles. The van der Waals surface area contributed by atoms with Crippen molar-refractivity contribution in [3.8, 4) is 0 Å². The van der Waals surface area contributed by atoms with E-state index in [1.807, 2.05) is 0 Å². The third kappa shape index (κ3) is 1.90. The van der Waals surface area contributed by atoms with Crippen LogP contribution in [-0.2, 0) is 4.79 Å². The predicted molar refractivity (Wildman–Crippen MR) is 54.8 cm³/mol. The number of aliphatic hydroxyl groups excluding tert-OH is 1. The number of Topliss-reactive ketones (excluding diaryl/α,β-unsaturated/α-hetero) is 1. The van der Waals surface area contributed by atoms with Crippen molar-refractivity contribution in [1.29, 1.82) is 0 Å². The summed E-state index contributed by atoms with van der Waals surface area (Å²) in [6, 6.07) is 0. The second-order valence-electron chi connectivity index (χ2n) is 4.50. The Morgan fingerprint density at radius 1 is 1.29 bits per heavy atom. The zero-order chi connectivity index (χ0) is 9.97. The van der Waals surface area contributed by atoms with Gasteiger partial charge in [-0.1, -0.05) is 12.2 Å². The van der Waals surface area contributed by atoms with Crippen LogP contribution in [0.3, 0.4) is 0 Å². The van der Waals surface area contributed by atoms with Gasteiger partial charge in [-0.25, -0.2) is 0 Å². The van der Waals surface area contributed by atoms with Gasteiger partial charge in [-0.05, 0) is 38.0 Å². The molecule has 2 rings (SSSR count). The average molecular weight is 194 g/mol. The first-order valence-electron chi connectivity index (χ1n) is 5.65. The van der Waals surface area contributed by atoms with Gasteiger partial charge in [0.2, 0.25) is 0 Å². The summed E-state index contributed by atoms with van der Waals surface area (Å²) >= 11 is 0. The monoisotopic (exact) mass is 194 g/mol. The van der Waals surface area contributed by atoms with Crippen molar-refractivity contribution in [3.05, 3.63) is 12.2 Å². The van der Waals surface area contributed by atoms with Crippen LogP contribution in [0.15, 0.2) is 12.2 Å². The Labute approximate surface area is 85.0 Å². The Morgan fingerprint density at radius 2 is 2.14 bits per heavy atom. The molecule has 3 unspecified atom stereocenters. The van der Waals surface area contributed by atoms with Crippen LogP contribution in [0.4, 0.5) is 0 Å². The first kappa shape index (κ1) is 9.91. The molecule has 0 saturated heterocycles. The fourth-order valence-corrected chi connectivity index (χ4v) is 2.78. The van der Waals surface area contributed by atoms with Gasteiger partial charge in [0, 0.05) is 12.3 Å². The molecule has 14 heavy (non-hydrogen) atoms.